The van der Waals surface area contributed by atoms with Crippen molar-refractivity contribution in [1.29, 1.82) is 5.26 Å². The molecule has 2 amide bonds. The van der Waals surface area contributed by atoms with Crippen molar-refractivity contribution in [3.8, 4) is 23.3 Å². The van der Waals surface area contributed by atoms with Crippen molar-refractivity contribution in [2.24, 2.45) is 0 Å². The summed E-state index contributed by atoms with van der Waals surface area (Å²) in [6, 6.07) is 3.52. The Kier molecular flexibility index (Phi) is 9.26. The number of carboxylic acid groups (broad SMARTS) is 1. The molecule has 0 aliphatic carbocycles. The first kappa shape index (κ1) is 36.4. The lowest BCUT2D eigenvalue weighted by Crippen LogP contribution is -2.58. The number of pyridine rings is 1. The van der Waals surface area contributed by atoms with Crippen molar-refractivity contribution in [1.82, 2.24) is 24.8 Å². The molecule has 2 N–H and O–H groups in total. The highest BCUT2D eigenvalue weighted by Crippen LogP contribution is 2.44. The van der Waals surface area contributed by atoms with Crippen LogP contribution in [0.25, 0.3) is 32.2 Å². The maximum Gasteiger partial charge on any atom is 0.412 e. The fourth-order valence-corrected chi connectivity index (χ4v) is 8.86. The number of piperazine rings is 1. The molecule has 6 heterocycles. The van der Waals surface area contributed by atoms with E-state index in [4.69, 9.17) is 14.5 Å². The molecule has 0 spiro atoms. The average molecular weight is 753 g/mol. The first-order valence-corrected chi connectivity index (χ1v) is 18.2. The number of hydrogen-bond acceptors (Lipinski definition) is 11. The second kappa shape index (κ2) is 13.5. The van der Waals surface area contributed by atoms with E-state index in [-0.39, 0.29) is 80.4 Å². The van der Waals surface area contributed by atoms with Gasteiger partial charge in [0.05, 0.1) is 21.2 Å². The minimum atomic E-state index is -1.05. The minimum absolute atomic E-state index is 0.000947. The first-order chi connectivity index (χ1) is 25.1. The van der Waals surface area contributed by atoms with Gasteiger partial charge < -0.3 is 24.4 Å². The van der Waals surface area contributed by atoms with E-state index in [1.54, 1.807) is 27.7 Å². The maximum atomic E-state index is 17.1. The van der Waals surface area contributed by atoms with Gasteiger partial charge in [-0.15, -0.1) is 11.3 Å². The van der Waals surface area contributed by atoms with Gasteiger partial charge in [0.1, 0.15) is 52.3 Å². The number of hydrogen-bond donors (Lipinski definition) is 2. The number of anilines is 2. The SMILES string of the molecule is C[C@@H]1CN(c2nc(OC[C@@]34CCCN3C[C@H](F)C4)nc3c(F)c(-c4ccc(F)c5sc(NC(=O)OC(C)(C)C)c(C#N)c45)ncc23)[C@@H](C)CN1C(=O)O. The Hall–Kier alpha value is -4.95. The summed E-state index contributed by atoms with van der Waals surface area (Å²) in [5.74, 6) is -1.30. The molecule has 3 fully saturated rings. The number of thiophene rings is 1. The highest BCUT2D eigenvalue weighted by molar-refractivity contribution is 7.23. The Balaban J connectivity index is 1.35. The van der Waals surface area contributed by atoms with Crippen molar-refractivity contribution < 1.29 is 37.3 Å². The number of fused-ring (bicyclic) bond motifs is 3. The van der Waals surface area contributed by atoms with E-state index in [1.807, 2.05) is 17.9 Å². The first-order valence-electron chi connectivity index (χ1n) is 17.4. The van der Waals surface area contributed by atoms with Gasteiger partial charge in [-0.05, 0) is 66.1 Å². The second-order valence-corrected chi connectivity index (χ2v) is 16.0. The van der Waals surface area contributed by atoms with E-state index in [0.29, 0.717) is 13.0 Å². The van der Waals surface area contributed by atoms with Crippen LogP contribution in [0.3, 0.4) is 0 Å². The number of aromatic nitrogens is 3. The summed E-state index contributed by atoms with van der Waals surface area (Å²) in [5.41, 5.74) is -1.78. The van der Waals surface area contributed by atoms with E-state index < -0.39 is 47.2 Å². The summed E-state index contributed by atoms with van der Waals surface area (Å²) in [4.78, 5) is 43.5. The molecule has 0 bridgehead atoms. The highest BCUT2D eigenvalue weighted by atomic mass is 32.1. The van der Waals surface area contributed by atoms with Crippen LogP contribution in [0.15, 0.2) is 18.3 Å². The summed E-state index contributed by atoms with van der Waals surface area (Å²) in [6.07, 6.45) is 0.422. The van der Waals surface area contributed by atoms with Gasteiger partial charge in [0.2, 0.25) is 0 Å². The van der Waals surface area contributed by atoms with Crippen LogP contribution in [0.2, 0.25) is 0 Å². The van der Waals surface area contributed by atoms with Crippen LogP contribution in [-0.4, -0.2) is 104 Å². The van der Waals surface area contributed by atoms with Gasteiger partial charge in [-0.1, -0.05) is 0 Å². The number of alkyl halides is 1. The number of nitrogens with zero attached hydrogens (tertiary/aromatic N) is 7. The predicted molar refractivity (Wildman–Crippen MR) is 192 cm³/mol. The Morgan fingerprint density at radius 1 is 1.17 bits per heavy atom. The normalized spacial score (nSPS) is 23.3. The van der Waals surface area contributed by atoms with Gasteiger partial charge in [0.15, 0.2) is 5.82 Å². The number of rotatable bonds is 6. The van der Waals surface area contributed by atoms with Crippen LogP contribution in [0.4, 0.5) is 33.6 Å². The zero-order chi connectivity index (χ0) is 38.0. The quantitative estimate of drug-likeness (QED) is 0.210. The summed E-state index contributed by atoms with van der Waals surface area (Å²) in [7, 11) is 0. The van der Waals surface area contributed by atoms with Crippen LogP contribution in [0.5, 0.6) is 6.01 Å². The third-order valence-corrected chi connectivity index (χ3v) is 11.3. The van der Waals surface area contributed by atoms with Crippen molar-refractivity contribution >= 4 is 55.3 Å². The maximum absolute atomic E-state index is 17.1. The molecular formula is C36H39F3N8O5S. The van der Waals surface area contributed by atoms with Gasteiger partial charge in [-0.2, -0.15) is 15.2 Å². The lowest BCUT2D eigenvalue weighted by atomic mass is 9.95. The molecule has 3 saturated heterocycles. The number of ether oxygens (including phenoxy) is 2. The van der Waals surface area contributed by atoms with E-state index in [0.717, 1.165) is 36.8 Å². The van der Waals surface area contributed by atoms with E-state index >= 15 is 8.78 Å². The van der Waals surface area contributed by atoms with Gasteiger partial charge in [0.25, 0.3) is 0 Å². The molecule has 3 aromatic heterocycles. The molecule has 4 aromatic rings. The van der Waals surface area contributed by atoms with Crippen LogP contribution < -0.4 is 15.0 Å². The number of halogens is 3. The lowest BCUT2D eigenvalue weighted by molar-refractivity contribution is 0.0636. The zero-order valence-electron chi connectivity index (χ0n) is 29.9. The summed E-state index contributed by atoms with van der Waals surface area (Å²) in [6.45, 7) is 10.2. The number of nitrogens with one attached hydrogen (secondary N) is 1. The topological polar surface area (TPSA) is 157 Å². The lowest BCUT2D eigenvalue weighted by Gasteiger charge is -2.43. The smallest absolute Gasteiger partial charge is 0.412 e. The molecule has 280 valence electrons. The number of benzene rings is 1. The minimum Gasteiger partial charge on any atom is -0.465 e. The average Bonchev–Trinajstić information content (AvgIpc) is 3.74. The van der Waals surface area contributed by atoms with Crippen LogP contribution in [-0.2, 0) is 4.74 Å². The number of amides is 2. The molecule has 3 aliphatic rings. The Morgan fingerprint density at radius 3 is 2.66 bits per heavy atom. The molecule has 4 atom stereocenters. The fourth-order valence-electron chi connectivity index (χ4n) is 7.79. The van der Waals surface area contributed by atoms with Gasteiger partial charge in [-0.3, -0.25) is 15.2 Å². The standard InChI is InChI=1S/C36H39F3N8O5S/c1-18-15-47(34(49)50)19(2)14-46(18)30-23-13-41-27(26(39)28(23)42-32(43-30)51-17-36-9-6-10-45(36)16-20(37)11-36)21-7-8-24(38)29-25(21)22(12-40)31(53-29)44-33(48)52-35(3,4)5/h7-8,13,18-20H,6,9-11,14-17H2,1-5H3,(H,44,48)(H,49,50)/t18-,19+,20+,36-/m0/s1. The van der Waals surface area contributed by atoms with E-state index in [9.17, 15) is 24.3 Å². The van der Waals surface area contributed by atoms with Crippen LogP contribution in [0.1, 0.15) is 59.4 Å². The van der Waals surface area contributed by atoms with Gasteiger partial charge in [-0.25, -0.2) is 22.8 Å². The predicted octanol–water partition coefficient (Wildman–Crippen LogP) is 6.94. The molecule has 53 heavy (non-hydrogen) atoms. The monoisotopic (exact) mass is 752 g/mol. The third kappa shape index (κ3) is 6.63. The molecule has 7 rings (SSSR count). The molecule has 13 nitrogen and oxygen atoms in total. The molecule has 0 radical (unpaired) electrons. The molecule has 0 unspecified atom stereocenters. The van der Waals surface area contributed by atoms with E-state index in [1.165, 1.54) is 17.2 Å². The van der Waals surface area contributed by atoms with Crippen molar-refractivity contribution in [2.45, 2.75) is 83.3 Å². The summed E-state index contributed by atoms with van der Waals surface area (Å²) < 4.78 is 58.5. The zero-order valence-corrected chi connectivity index (χ0v) is 30.7. The molecule has 3 aliphatic heterocycles. The Morgan fingerprint density at radius 2 is 1.94 bits per heavy atom. The summed E-state index contributed by atoms with van der Waals surface area (Å²) >= 11 is 0.811. The van der Waals surface area contributed by atoms with Crippen molar-refractivity contribution in [3.63, 3.8) is 0 Å². The molecule has 1 aromatic carbocycles. The Labute approximate surface area is 307 Å². The number of carbonyl (C=O) groups is 2. The molecule has 17 heteroatoms. The Bertz CT molecular complexity index is 2170. The second-order valence-electron chi connectivity index (χ2n) is 15.0. The highest BCUT2D eigenvalue weighted by Gasteiger charge is 2.49. The fraction of sp³-hybridized carbons (Fsp3) is 0.500. The van der Waals surface area contributed by atoms with Crippen molar-refractivity contribution in [3.05, 3.63) is 35.5 Å². The van der Waals surface area contributed by atoms with E-state index in [2.05, 4.69) is 20.2 Å². The van der Waals surface area contributed by atoms with Crippen LogP contribution in [0, 0.1) is 23.0 Å². The van der Waals surface area contributed by atoms with Gasteiger partial charge in [0, 0.05) is 55.3 Å². The summed E-state index contributed by atoms with van der Waals surface area (Å²) in [5, 5.41) is 22.8. The number of nitriles is 1. The third-order valence-electron chi connectivity index (χ3n) is 10.2. The van der Waals surface area contributed by atoms with Crippen molar-refractivity contribution in [2.75, 3.05) is 43.0 Å². The van der Waals surface area contributed by atoms with Gasteiger partial charge >= 0.3 is 18.2 Å². The molecular weight excluding hydrogens is 714 g/mol. The molecule has 0 saturated carbocycles. The van der Waals surface area contributed by atoms with Crippen LogP contribution >= 0.6 is 11.3 Å². The largest absolute Gasteiger partial charge is 0.465 e. The number of carbonyl (C=O) groups excluding carboxylic acids is 1.